The predicted molar refractivity (Wildman–Crippen MR) is 141 cm³/mol. The fraction of sp³-hybridized carbons (Fsp3) is 0.357. The topological polar surface area (TPSA) is 54.3 Å². The van der Waals surface area contributed by atoms with Crippen LogP contribution in [0, 0.1) is 11.8 Å². The van der Waals surface area contributed by atoms with Crippen molar-refractivity contribution in [2.24, 2.45) is 11.8 Å². The summed E-state index contributed by atoms with van der Waals surface area (Å²) in [7, 11) is 0. The van der Waals surface area contributed by atoms with Crippen LogP contribution in [0.15, 0.2) is 60.4 Å². The second-order valence-electron chi connectivity index (χ2n) is 9.38. The summed E-state index contributed by atoms with van der Waals surface area (Å²) in [6.45, 7) is 12.4. The number of amides is 2. The Bertz CT molecular complexity index is 1180. The Morgan fingerprint density at radius 1 is 1.00 bits per heavy atom. The molecule has 3 aromatic rings. The van der Waals surface area contributed by atoms with E-state index in [2.05, 4.69) is 50.6 Å². The first-order chi connectivity index (χ1) is 16.2. The van der Waals surface area contributed by atoms with E-state index in [0.29, 0.717) is 35.5 Å². The van der Waals surface area contributed by atoms with Gasteiger partial charge in [-0.1, -0.05) is 69.6 Å². The quantitative estimate of drug-likeness (QED) is 0.370. The van der Waals surface area contributed by atoms with Crippen LogP contribution in [0.4, 0.5) is 0 Å². The Kier molecular flexibility index (Phi) is 8.56. The molecule has 0 aliphatic rings. The van der Waals surface area contributed by atoms with Gasteiger partial charge in [0.15, 0.2) is 0 Å². The van der Waals surface area contributed by atoms with Gasteiger partial charge in [-0.15, -0.1) is 0 Å². The number of aromatic nitrogens is 1. The number of fused-ring (bicyclic) bond motifs is 1. The maximum Gasteiger partial charge on any atom is 0.270 e. The molecule has 0 fully saturated rings. The maximum atomic E-state index is 13.8. The predicted octanol–water partition coefficient (Wildman–Crippen LogP) is 6.23. The third-order valence-electron chi connectivity index (χ3n) is 5.52. The van der Waals surface area contributed by atoms with E-state index in [4.69, 9.17) is 11.6 Å². The largest absolute Gasteiger partial charge is 0.347 e. The summed E-state index contributed by atoms with van der Waals surface area (Å²) in [6.07, 6.45) is 3.81. The minimum Gasteiger partial charge on any atom is -0.347 e. The van der Waals surface area contributed by atoms with Crippen LogP contribution in [0.3, 0.4) is 0 Å². The van der Waals surface area contributed by atoms with Crippen LogP contribution in [0.1, 0.15) is 50.5 Å². The highest BCUT2D eigenvalue weighted by atomic mass is 35.5. The van der Waals surface area contributed by atoms with Gasteiger partial charge >= 0.3 is 0 Å². The number of hydrogen-bond donors (Lipinski definition) is 1. The van der Waals surface area contributed by atoms with Gasteiger partial charge < -0.3 is 14.8 Å². The van der Waals surface area contributed by atoms with Gasteiger partial charge in [0.2, 0.25) is 0 Å². The molecule has 0 spiro atoms. The second kappa shape index (κ2) is 11.4. The summed E-state index contributed by atoms with van der Waals surface area (Å²) in [4.78, 5) is 28.8. The highest BCUT2D eigenvalue weighted by Gasteiger charge is 2.23. The second-order valence-corrected chi connectivity index (χ2v) is 9.78. The number of rotatable bonds is 9. The standard InChI is InChI=1S/C28H34ClN3O2/c1-6-31-18-21(22-11-8-10-14-26(22)31)15-25(28(34)32(16-19(2)3)17-20(4)5)30-27(33)23-12-7-9-13-24(23)29/h7-15,18-20H,6,16-17H2,1-5H3,(H,30,33)/b25-15-. The molecule has 6 heteroatoms. The summed E-state index contributed by atoms with van der Waals surface area (Å²) in [5, 5.41) is 4.25. The van der Waals surface area contributed by atoms with Crippen molar-refractivity contribution in [1.82, 2.24) is 14.8 Å². The number of aryl methyl sites for hydroxylation is 1. The highest BCUT2D eigenvalue weighted by molar-refractivity contribution is 6.34. The molecule has 0 saturated heterocycles. The van der Waals surface area contributed by atoms with Gasteiger partial charge in [-0.05, 0) is 43.0 Å². The summed E-state index contributed by atoms with van der Waals surface area (Å²) < 4.78 is 2.14. The minimum absolute atomic E-state index is 0.198. The molecule has 0 saturated carbocycles. The normalized spacial score (nSPS) is 11.9. The number of para-hydroxylation sites is 1. The zero-order valence-electron chi connectivity index (χ0n) is 20.6. The first kappa shape index (κ1) is 25.6. The Morgan fingerprint density at radius 2 is 1.62 bits per heavy atom. The maximum absolute atomic E-state index is 13.8. The molecular weight excluding hydrogens is 446 g/mol. The van der Waals surface area contributed by atoms with Crippen LogP contribution in [0.5, 0.6) is 0 Å². The lowest BCUT2D eigenvalue weighted by Crippen LogP contribution is -2.42. The van der Waals surface area contributed by atoms with Gasteiger partial charge in [-0.2, -0.15) is 0 Å². The molecule has 1 heterocycles. The molecule has 2 amide bonds. The van der Waals surface area contributed by atoms with E-state index in [0.717, 1.165) is 23.0 Å². The van der Waals surface area contributed by atoms with Crippen molar-refractivity contribution >= 4 is 40.4 Å². The highest BCUT2D eigenvalue weighted by Crippen LogP contribution is 2.24. The number of nitrogens with zero attached hydrogens (tertiary/aromatic N) is 2. The smallest absolute Gasteiger partial charge is 0.270 e. The Labute approximate surface area is 207 Å². The number of carbonyl (C=O) groups is 2. The zero-order valence-corrected chi connectivity index (χ0v) is 21.4. The zero-order chi connectivity index (χ0) is 24.8. The summed E-state index contributed by atoms with van der Waals surface area (Å²) in [5.41, 5.74) is 2.54. The van der Waals surface area contributed by atoms with Crippen molar-refractivity contribution in [3.8, 4) is 0 Å². The van der Waals surface area contributed by atoms with E-state index in [1.54, 1.807) is 30.3 Å². The molecule has 0 bridgehead atoms. The lowest BCUT2D eigenvalue weighted by Gasteiger charge is -2.27. The minimum atomic E-state index is -0.404. The van der Waals surface area contributed by atoms with E-state index in [1.807, 2.05) is 29.3 Å². The van der Waals surface area contributed by atoms with Crippen LogP contribution < -0.4 is 5.32 Å². The Hall–Kier alpha value is -3.05. The fourth-order valence-corrected chi connectivity index (χ4v) is 4.31. The lowest BCUT2D eigenvalue weighted by atomic mass is 10.1. The Morgan fingerprint density at radius 3 is 2.24 bits per heavy atom. The van der Waals surface area contributed by atoms with Crippen molar-refractivity contribution in [1.29, 1.82) is 0 Å². The van der Waals surface area contributed by atoms with Gasteiger partial charge in [0.25, 0.3) is 11.8 Å². The van der Waals surface area contributed by atoms with Gasteiger partial charge in [0.1, 0.15) is 5.70 Å². The van der Waals surface area contributed by atoms with Gasteiger partial charge in [-0.25, -0.2) is 0 Å². The fourth-order valence-electron chi connectivity index (χ4n) is 4.09. The third kappa shape index (κ3) is 6.09. The van der Waals surface area contributed by atoms with E-state index >= 15 is 0 Å². The average molecular weight is 480 g/mol. The molecule has 0 aliphatic heterocycles. The summed E-state index contributed by atoms with van der Waals surface area (Å²) in [5.74, 6) is -0.00921. The van der Waals surface area contributed by atoms with Crippen molar-refractivity contribution in [2.45, 2.75) is 41.2 Å². The third-order valence-corrected chi connectivity index (χ3v) is 5.84. The molecule has 5 nitrogen and oxygen atoms in total. The SMILES string of the molecule is CCn1cc(/C=C(\NC(=O)c2ccccc2Cl)C(=O)N(CC(C)C)CC(C)C)c2ccccc21. The first-order valence-corrected chi connectivity index (χ1v) is 12.2. The lowest BCUT2D eigenvalue weighted by molar-refractivity contribution is -0.128. The van der Waals surface area contributed by atoms with Gasteiger partial charge in [0.05, 0.1) is 10.6 Å². The van der Waals surface area contributed by atoms with Crippen LogP contribution in [0.2, 0.25) is 5.02 Å². The number of benzene rings is 2. The number of nitrogens with one attached hydrogen (secondary N) is 1. The Balaban J connectivity index is 2.09. The number of hydrogen-bond acceptors (Lipinski definition) is 2. The van der Waals surface area contributed by atoms with Crippen molar-refractivity contribution < 1.29 is 9.59 Å². The molecule has 3 rings (SSSR count). The molecule has 34 heavy (non-hydrogen) atoms. The van der Waals surface area contributed by atoms with Gasteiger partial charge in [0, 0.05) is 42.3 Å². The molecule has 0 radical (unpaired) electrons. The van der Waals surface area contributed by atoms with E-state index < -0.39 is 5.91 Å². The summed E-state index contributed by atoms with van der Waals surface area (Å²) >= 11 is 6.26. The molecule has 180 valence electrons. The number of halogens is 1. The van der Waals surface area contributed by atoms with Crippen LogP contribution >= 0.6 is 11.6 Å². The first-order valence-electron chi connectivity index (χ1n) is 11.9. The van der Waals surface area contributed by atoms with E-state index in [-0.39, 0.29) is 11.6 Å². The molecule has 0 atom stereocenters. The van der Waals surface area contributed by atoms with Crippen molar-refractivity contribution in [2.75, 3.05) is 13.1 Å². The average Bonchev–Trinajstić information content (AvgIpc) is 3.15. The number of carbonyl (C=O) groups excluding carboxylic acids is 2. The molecule has 0 aliphatic carbocycles. The van der Waals surface area contributed by atoms with Crippen molar-refractivity contribution in [3.63, 3.8) is 0 Å². The van der Waals surface area contributed by atoms with Crippen molar-refractivity contribution in [3.05, 3.63) is 76.6 Å². The van der Waals surface area contributed by atoms with Crippen LogP contribution in [-0.4, -0.2) is 34.4 Å². The summed E-state index contributed by atoms with van der Waals surface area (Å²) in [6, 6.07) is 14.9. The van der Waals surface area contributed by atoms with Gasteiger partial charge in [-0.3, -0.25) is 9.59 Å². The van der Waals surface area contributed by atoms with E-state index in [9.17, 15) is 9.59 Å². The monoisotopic (exact) mass is 479 g/mol. The molecule has 2 aromatic carbocycles. The molecule has 1 N–H and O–H groups in total. The molecular formula is C28H34ClN3O2. The molecule has 1 aromatic heterocycles. The van der Waals surface area contributed by atoms with Crippen LogP contribution in [-0.2, 0) is 11.3 Å². The van der Waals surface area contributed by atoms with E-state index in [1.165, 1.54) is 0 Å². The molecule has 0 unspecified atom stereocenters. The van der Waals surface area contributed by atoms with Crippen LogP contribution in [0.25, 0.3) is 17.0 Å².